The number of nitrogens with zero attached hydrogens (tertiary/aromatic N) is 1. The third-order valence-electron chi connectivity index (χ3n) is 2.84. The molecule has 1 rings (SSSR count). The lowest BCUT2D eigenvalue weighted by molar-refractivity contribution is -0.135. The molecule has 9 heteroatoms. The molecule has 1 aromatic rings. The normalized spacial score (nSPS) is 13.3. The molecule has 0 unspecified atom stereocenters. The molecule has 0 atom stereocenters. The fraction of sp³-hybridized carbons (Fsp3) is 0.667. The van der Waals surface area contributed by atoms with Crippen LogP contribution in [0.25, 0.3) is 0 Å². The van der Waals surface area contributed by atoms with Gasteiger partial charge in [-0.25, -0.2) is 12.7 Å². The molecule has 0 amide bonds. The molecule has 122 valence electrons. The van der Waals surface area contributed by atoms with Crippen LogP contribution < -0.4 is 5.32 Å². The number of H-pyrrole nitrogens is 1. The van der Waals surface area contributed by atoms with Crippen LogP contribution in [0.5, 0.6) is 0 Å². The molecule has 0 bridgehead atoms. The molecule has 0 aliphatic heterocycles. The van der Waals surface area contributed by atoms with E-state index in [-0.39, 0.29) is 10.9 Å². The summed E-state index contributed by atoms with van der Waals surface area (Å²) in [6.45, 7) is 3.76. The van der Waals surface area contributed by atoms with Gasteiger partial charge in [-0.1, -0.05) is 13.8 Å². The lowest BCUT2D eigenvalue weighted by Crippen LogP contribution is -2.30. The number of sulfonamides is 1. The van der Waals surface area contributed by atoms with Crippen LogP contribution in [0.2, 0.25) is 0 Å². The minimum absolute atomic E-state index is 0.0345. The van der Waals surface area contributed by atoms with Crippen LogP contribution in [-0.2, 0) is 16.6 Å². The van der Waals surface area contributed by atoms with Gasteiger partial charge in [-0.3, -0.25) is 0 Å². The van der Waals surface area contributed by atoms with Crippen molar-refractivity contribution in [3.05, 3.63) is 18.0 Å². The third kappa shape index (κ3) is 5.68. The molecule has 0 spiro atoms. The Hall–Kier alpha value is -1.06. The Bertz CT molecular complexity index is 552. The van der Waals surface area contributed by atoms with Crippen LogP contribution in [0.3, 0.4) is 0 Å². The molecule has 1 aromatic heterocycles. The fourth-order valence-electron chi connectivity index (χ4n) is 1.57. The molecular formula is C12H20F3N3O2S. The second-order valence-electron chi connectivity index (χ2n) is 5.09. The summed E-state index contributed by atoms with van der Waals surface area (Å²) in [5.74, 6) is 0. The summed E-state index contributed by atoms with van der Waals surface area (Å²) in [7, 11) is -2.77. The standard InChI is InChI=1S/C12H20F3N3O2S/c1-9(2)16-7-10-6-11(8-17-10)21(19,20)18(3)5-4-12(13,14)15/h6,8-9,16-17H,4-5,7H2,1-3H3. The van der Waals surface area contributed by atoms with E-state index in [0.717, 1.165) is 7.05 Å². The second-order valence-corrected chi connectivity index (χ2v) is 7.13. The molecule has 0 fully saturated rings. The zero-order valence-electron chi connectivity index (χ0n) is 12.2. The predicted molar refractivity (Wildman–Crippen MR) is 73.3 cm³/mol. The highest BCUT2D eigenvalue weighted by atomic mass is 32.2. The van der Waals surface area contributed by atoms with Crippen molar-refractivity contribution in [1.82, 2.24) is 14.6 Å². The van der Waals surface area contributed by atoms with Crippen molar-refractivity contribution in [2.24, 2.45) is 0 Å². The highest BCUT2D eigenvalue weighted by Gasteiger charge is 2.30. The number of rotatable bonds is 7. The molecule has 0 aliphatic rings. The van der Waals surface area contributed by atoms with E-state index in [9.17, 15) is 21.6 Å². The van der Waals surface area contributed by atoms with Crippen LogP contribution in [0.1, 0.15) is 26.0 Å². The minimum Gasteiger partial charge on any atom is -0.363 e. The summed E-state index contributed by atoms with van der Waals surface area (Å²) in [4.78, 5) is 2.77. The highest BCUT2D eigenvalue weighted by Crippen LogP contribution is 2.22. The van der Waals surface area contributed by atoms with E-state index in [1.807, 2.05) is 13.8 Å². The number of halogens is 3. The number of nitrogens with one attached hydrogen (secondary N) is 2. The molecule has 0 aliphatic carbocycles. The summed E-state index contributed by atoms with van der Waals surface area (Å²) < 4.78 is 61.4. The van der Waals surface area contributed by atoms with Crippen molar-refractivity contribution >= 4 is 10.0 Å². The zero-order chi connectivity index (χ0) is 16.3. The van der Waals surface area contributed by atoms with Gasteiger partial charge in [0.05, 0.1) is 11.3 Å². The average Bonchev–Trinajstić information content (AvgIpc) is 2.81. The van der Waals surface area contributed by atoms with Gasteiger partial charge in [-0.2, -0.15) is 13.2 Å². The largest absolute Gasteiger partial charge is 0.390 e. The molecule has 21 heavy (non-hydrogen) atoms. The summed E-state index contributed by atoms with van der Waals surface area (Å²) in [5.41, 5.74) is 0.659. The highest BCUT2D eigenvalue weighted by molar-refractivity contribution is 7.89. The first kappa shape index (κ1) is 18.0. The Morgan fingerprint density at radius 3 is 2.52 bits per heavy atom. The molecular weight excluding hydrogens is 307 g/mol. The van der Waals surface area contributed by atoms with Crippen LogP contribution in [0.4, 0.5) is 13.2 Å². The first-order valence-corrected chi connectivity index (χ1v) is 7.90. The van der Waals surface area contributed by atoms with Crippen molar-refractivity contribution in [2.75, 3.05) is 13.6 Å². The smallest absolute Gasteiger partial charge is 0.363 e. The van der Waals surface area contributed by atoms with Gasteiger partial charge in [0.1, 0.15) is 0 Å². The maximum Gasteiger partial charge on any atom is 0.390 e. The fourth-order valence-corrected chi connectivity index (χ4v) is 2.76. The third-order valence-corrected chi connectivity index (χ3v) is 4.67. The Balaban J connectivity index is 2.74. The van der Waals surface area contributed by atoms with E-state index < -0.39 is 29.2 Å². The van der Waals surface area contributed by atoms with Crippen molar-refractivity contribution in [2.45, 2.75) is 43.9 Å². The lowest BCUT2D eigenvalue weighted by atomic mass is 10.3. The van der Waals surface area contributed by atoms with Gasteiger partial charge < -0.3 is 10.3 Å². The van der Waals surface area contributed by atoms with Gasteiger partial charge in [0.2, 0.25) is 10.0 Å². The molecule has 5 nitrogen and oxygen atoms in total. The summed E-state index contributed by atoms with van der Waals surface area (Å²) in [6.07, 6.45) is -4.26. The maximum absolute atomic E-state index is 12.2. The zero-order valence-corrected chi connectivity index (χ0v) is 13.0. The van der Waals surface area contributed by atoms with Crippen LogP contribution in [0.15, 0.2) is 17.2 Å². The molecule has 0 radical (unpaired) electrons. The van der Waals surface area contributed by atoms with Crippen molar-refractivity contribution < 1.29 is 21.6 Å². The Labute approximate surface area is 122 Å². The van der Waals surface area contributed by atoms with E-state index in [1.54, 1.807) is 0 Å². The van der Waals surface area contributed by atoms with Crippen LogP contribution >= 0.6 is 0 Å². The summed E-state index contributed by atoms with van der Waals surface area (Å²) in [5, 5.41) is 3.11. The van der Waals surface area contributed by atoms with E-state index in [1.165, 1.54) is 12.3 Å². The summed E-state index contributed by atoms with van der Waals surface area (Å²) in [6, 6.07) is 1.66. The Kier molecular flexibility index (Phi) is 5.83. The van der Waals surface area contributed by atoms with Gasteiger partial charge in [-0.05, 0) is 6.07 Å². The van der Waals surface area contributed by atoms with E-state index in [4.69, 9.17) is 0 Å². The first-order chi connectivity index (χ1) is 9.52. The first-order valence-electron chi connectivity index (χ1n) is 6.46. The number of hydrogen-bond donors (Lipinski definition) is 2. The number of alkyl halides is 3. The lowest BCUT2D eigenvalue weighted by Gasteiger charge is -2.17. The topological polar surface area (TPSA) is 65.2 Å². The maximum atomic E-state index is 12.2. The van der Waals surface area contributed by atoms with E-state index in [0.29, 0.717) is 16.5 Å². The van der Waals surface area contributed by atoms with Crippen LogP contribution in [0, 0.1) is 0 Å². The van der Waals surface area contributed by atoms with Crippen molar-refractivity contribution in [3.63, 3.8) is 0 Å². The summed E-state index contributed by atoms with van der Waals surface area (Å²) >= 11 is 0. The minimum atomic E-state index is -4.38. The Morgan fingerprint density at radius 2 is 2.00 bits per heavy atom. The quantitative estimate of drug-likeness (QED) is 0.806. The molecule has 1 heterocycles. The van der Waals surface area contributed by atoms with E-state index >= 15 is 0 Å². The Morgan fingerprint density at radius 1 is 1.38 bits per heavy atom. The van der Waals surface area contributed by atoms with E-state index in [2.05, 4.69) is 10.3 Å². The SMILES string of the molecule is CC(C)NCc1cc(S(=O)(=O)N(C)CCC(F)(F)F)c[nH]1. The average molecular weight is 327 g/mol. The number of aromatic amines is 1. The molecule has 0 saturated heterocycles. The molecule has 0 saturated carbocycles. The number of hydrogen-bond acceptors (Lipinski definition) is 3. The number of aromatic nitrogens is 1. The van der Waals surface area contributed by atoms with Crippen molar-refractivity contribution in [1.29, 1.82) is 0 Å². The van der Waals surface area contributed by atoms with Crippen LogP contribution in [-0.4, -0.2) is 43.5 Å². The van der Waals surface area contributed by atoms with Crippen molar-refractivity contribution in [3.8, 4) is 0 Å². The van der Waals surface area contributed by atoms with Gasteiger partial charge in [0, 0.05) is 38.1 Å². The second kappa shape index (κ2) is 6.80. The predicted octanol–water partition coefficient (Wildman–Crippen LogP) is 2.09. The van der Waals surface area contributed by atoms with Gasteiger partial charge in [0.15, 0.2) is 0 Å². The molecule has 0 aromatic carbocycles. The molecule has 2 N–H and O–H groups in total. The monoisotopic (exact) mass is 327 g/mol. The van der Waals surface area contributed by atoms with Gasteiger partial charge >= 0.3 is 6.18 Å². The van der Waals surface area contributed by atoms with Gasteiger partial charge in [-0.15, -0.1) is 0 Å². The van der Waals surface area contributed by atoms with Gasteiger partial charge in [0.25, 0.3) is 0 Å².